The molecule has 1 saturated heterocycles. The molecule has 0 saturated carbocycles. The third kappa shape index (κ3) is 4.80. The summed E-state index contributed by atoms with van der Waals surface area (Å²) in [5, 5.41) is 11.5. The standard InChI is InChI=1S/C23H28N4O3S/c1-13-21(15(3)30-27-13)19-11-17(26-23(28)22-14(2)25-16(4)31-22)8-9-20(19)29-12-18-7-5-6-10-24-18/h8-9,11,18,24H,5-7,10,12H2,1-4H3,(H,26,28). The van der Waals surface area contributed by atoms with Gasteiger partial charge in [0.05, 0.1) is 22.0 Å². The quantitative estimate of drug-likeness (QED) is 0.572. The fourth-order valence-corrected chi connectivity index (χ4v) is 4.80. The number of carbonyl (C=O) groups is 1. The van der Waals surface area contributed by atoms with E-state index in [-0.39, 0.29) is 5.91 Å². The second-order valence-corrected chi connectivity index (χ2v) is 9.17. The first kappa shape index (κ1) is 21.5. The molecule has 8 heteroatoms. The minimum Gasteiger partial charge on any atom is -0.491 e. The zero-order valence-corrected chi connectivity index (χ0v) is 19.2. The van der Waals surface area contributed by atoms with Gasteiger partial charge in [-0.15, -0.1) is 11.3 Å². The molecule has 1 unspecified atom stereocenters. The van der Waals surface area contributed by atoms with Gasteiger partial charge in [-0.3, -0.25) is 4.79 Å². The summed E-state index contributed by atoms with van der Waals surface area (Å²) in [4.78, 5) is 17.8. The zero-order valence-electron chi connectivity index (χ0n) is 18.4. The second kappa shape index (κ2) is 9.20. The molecule has 0 radical (unpaired) electrons. The van der Waals surface area contributed by atoms with Crippen molar-refractivity contribution >= 4 is 22.9 Å². The summed E-state index contributed by atoms with van der Waals surface area (Å²) in [6, 6.07) is 6.05. The highest BCUT2D eigenvalue weighted by molar-refractivity contribution is 7.13. The van der Waals surface area contributed by atoms with Crippen LogP contribution in [0.25, 0.3) is 11.1 Å². The lowest BCUT2D eigenvalue weighted by Gasteiger charge is -2.24. The van der Waals surface area contributed by atoms with Gasteiger partial charge in [-0.05, 0) is 65.3 Å². The van der Waals surface area contributed by atoms with Crippen LogP contribution in [0.5, 0.6) is 5.75 Å². The van der Waals surface area contributed by atoms with Gasteiger partial charge in [0.25, 0.3) is 5.91 Å². The van der Waals surface area contributed by atoms with E-state index in [0.717, 1.165) is 52.0 Å². The number of nitrogens with one attached hydrogen (secondary N) is 2. The van der Waals surface area contributed by atoms with Crippen LogP contribution in [-0.2, 0) is 0 Å². The van der Waals surface area contributed by atoms with E-state index in [0.29, 0.717) is 23.2 Å². The molecule has 3 aromatic rings. The minimum absolute atomic E-state index is 0.159. The Labute approximate surface area is 186 Å². The number of ether oxygens (including phenoxy) is 1. The summed E-state index contributed by atoms with van der Waals surface area (Å²) in [5.74, 6) is 1.31. The fraction of sp³-hybridized carbons (Fsp3) is 0.435. The van der Waals surface area contributed by atoms with Gasteiger partial charge in [-0.2, -0.15) is 0 Å². The summed E-state index contributed by atoms with van der Waals surface area (Å²) in [6.45, 7) is 9.18. The van der Waals surface area contributed by atoms with E-state index >= 15 is 0 Å². The van der Waals surface area contributed by atoms with Crippen LogP contribution in [0.15, 0.2) is 22.7 Å². The number of rotatable bonds is 6. The second-order valence-electron chi connectivity index (χ2n) is 7.97. The molecule has 1 aromatic carbocycles. The van der Waals surface area contributed by atoms with E-state index in [1.807, 2.05) is 45.9 Å². The molecule has 164 valence electrons. The molecule has 0 spiro atoms. The third-order valence-electron chi connectivity index (χ3n) is 5.50. The largest absolute Gasteiger partial charge is 0.491 e. The molecule has 2 aromatic heterocycles. The molecule has 0 aliphatic carbocycles. The van der Waals surface area contributed by atoms with Crippen molar-refractivity contribution in [3.8, 4) is 16.9 Å². The minimum atomic E-state index is -0.159. The van der Waals surface area contributed by atoms with Crippen LogP contribution >= 0.6 is 11.3 Å². The third-order valence-corrected chi connectivity index (χ3v) is 6.57. The average Bonchev–Trinajstić information content (AvgIpc) is 3.27. The first-order chi connectivity index (χ1) is 14.9. The molecular formula is C23H28N4O3S. The van der Waals surface area contributed by atoms with E-state index in [4.69, 9.17) is 9.26 Å². The van der Waals surface area contributed by atoms with Gasteiger partial charge in [0, 0.05) is 17.3 Å². The Morgan fingerprint density at radius 1 is 1.26 bits per heavy atom. The van der Waals surface area contributed by atoms with Crippen molar-refractivity contribution in [2.24, 2.45) is 0 Å². The topological polar surface area (TPSA) is 89.3 Å². The van der Waals surface area contributed by atoms with Crippen LogP contribution in [0, 0.1) is 27.7 Å². The molecule has 31 heavy (non-hydrogen) atoms. The number of hydrogen-bond acceptors (Lipinski definition) is 7. The van der Waals surface area contributed by atoms with Crippen molar-refractivity contribution in [2.45, 2.75) is 53.0 Å². The summed E-state index contributed by atoms with van der Waals surface area (Å²) >= 11 is 1.40. The first-order valence-corrected chi connectivity index (χ1v) is 11.4. The van der Waals surface area contributed by atoms with Gasteiger partial charge in [-0.25, -0.2) is 4.98 Å². The monoisotopic (exact) mass is 440 g/mol. The highest BCUT2D eigenvalue weighted by Crippen LogP contribution is 2.37. The van der Waals surface area contributed by atoms with Crippen molar-refractivity contribution in [2.75, 3.05) is 18.5 Å². The van der Waals surface area contributed by atoms with Crippen molar-refractivity contribution in [1.29, 1.82) is 0 Å². The summed E-state index contributed by atoms with van der Waals surface area (Å²) in [5.41, 5.74) is 3.98. The average molecular weight is 441 g/mol. The number of benzene rings is 1. The number of thiazole rings is 1. The van der Waals surface area contributed by atoms with Gasteiger partial charge in [-0.1, -0.05) is 11.6 Å². The van der Waals surface area contributed by atoms with E-state index in [1.165, 1.54) is 24.2 Å². The van der Waals surface area contributed by atoms with Crippen LogP contribution in [0.3, 0.4) is 0 Å². The summed E-state index contributed by atoms with van der Waals surface area (Å²) in [6.07, 6.45) is 3.55. The lowest BCUT2D eigenvalue weighted by atomic mass is 10.0. The van der Waals surface area contributed by atoms with Gasteiger partial charge in [0.1, 0.15) is 23.0 Å². The van der Waals surface area contributed by atoms with Crippen molar-refractivity contribution in [3.05, 3.63) is 45.2 Å². The number of aryl methyl sites for hydroxylation is 4. The Bertz CT molecular complexity index is 1060. The number of amides is 1. The van der Waals surface area contributed by atoms with Gasteiger partial charge in [0.15, 0.2) is 0 Å². The lowest BCUT2D eigenvalue weighted by molar-refractivity contribution is 0.103. The first-order valence-electron chi connectivity index (χ1n) is 10.6. The van der Waals surface area contributed by atoms with Gasteiger partial charge in [0.2, 0.25) is 0 Å². The van der Waals surface area contributed by atoms with Crippen LogP contribution < -0.4 is 15.4 Å². The Morgan fingerprint density at radius 2 is 2.10 bits per heavy atom. The fourth-order valence-electron chi connectivity index (χ4n) is 3.98. The van der Waals surface area contributed by atoms with Gasteiger partial charge < -0.3 is 19.9 Å². The van der Waals surface area contributed by atoms with Crippen LogP contribution in [0.1, 0.15) is 51.1 Å². The number of piperidine rings is 1. The molecule has 1 aliphatic heterocycles. The molecule has 7 nitrogen and oxygen atoms in total. The van der Waals surface area contributed by atoms with E-state index in [9.17, 15) is 4.79 Å². The molecule has 4 rings (SSSR count). The van der Waals surface area contributed by atoms with Crippen molar-refractivity contribution in [3.63, 3.8) is 0 Å². The molecule has 1 atom stereocenters. The zero-order chi connectivity index (χ0) is 22.0. The Morgan fingerprint density at radius 3 is 2.74 bits per heavy atom. The van der Waals surface area contributed by atoms with E-state index < -0.39 is 0 Å². The maximum atomic E-state index is 12.8. The van der Waals surface area contributed by atoms with Gasteiger partial charge >= 0.3 is 0 Å². The predicted molar refractivity (Wildman–Crippen MR) is 122 cm³/mol. The molecule has 1 aliphatic rings. The Hall–Kier alpha value is -2.71. The van der Waals surface area contributed by atoms with E-state index in [1.54, 1.807) is 0 Å². The maximum Gasteiger partial charge on any atom is 0.267 e. The number of hydrogen-bond donors (Lipinski definition) is 2. The maximum absolute atomic E-state index is 12.8. The molecule has 1 amide bonds. The van der Waals surface area contributed by atoms with Crippen LogP contribution in [0.4, 0.5) is 5.69 Å². The lowest BCUT2D eigenvalue weighted by Crippen LogP contribution is -2.38. The van der Waals surface area contributed by atoms with Crippen molar-refractivity contribution < 1.29 is 14.1 Å². The number of anilines is 1. The predicted octanol–water partition coefficient (Wildman–Crippen LogP) is 4.80. The highest BCUT2D eigenvalue weighted by Gasteiger charge is 2.20. The normalized spacial score (nSPS) is 16.3. The Kier molecular flexibility index (Phi) is 6.38. The number of carbonyl (C=O) groups excluding carboxylic acids is 1. The molecular weight excluding hydrogens is 412 g/mol. The van der Waals surface area contributed by atoms with Crippen molar-refractivity contribution in [1.82, 2.24) is 15.5 Å². The van der Waals surface area contributed by atoms with E-state index in [2.05, 4.69) is 20.8 Å². The molecule has 0 bridgehead atoms. The van der Waals surface area contributed by atoms with Crippen LogP contribution in [0.2, 0.25) is 0 Å². The molecule has 2 N–H and O–H groups in total. The number of aromatic nitrogens is 2. The summed E-state index contributed by atoms with van der Waals surface area (Å²) in [7, 11) is 0. The van der Waals surface area contributed by atoms with Crippen LogP contribution in [-0.4, -0.2) is 35.2 Å². The smallest absolute Gasteiger partial charge is 0.267 e. The Balaban J connectivity index is 1.61. The number of nitrogens with zero attached hydrogens (tertiary/aromatic N) is 2. The molecule has 3 heterocycles. The highest BCUT2D eigenvalue weighted by atomic mass is 32.1. The molecule has 1 fully saturated rings. The SMILES string of the molecule is Cc1nc(C)c(C(=O)Nc2ccc(OCC3CCCCN3)c(-c3c(C)noc3C)c2)s1. The summed E-state index contributed by atoms with van der Waals surface area (Å²) < 4.78 is 11.6.